The molecule has 0 fully saturated rings. The number of esters is 2. The fourth-order valence-electron chi connectivity index (χ4n) is 4.25. The summed E-state index contributed by atoms with van der Waals surface area (Å²) in [5.41, 5.74) is -0.891. The Hall–Kier alpha value is -3.48. The zero-order chi connectivity index (χ0) is 35.0. The molecule has 258 valence electrons. The van der Waals surface area contributed by atoms with Crippen LogP contribution >= 0.6 is 33.9 Å². The summed E-state index contributed by atoms with van der Waals surface area (Å²) >= 11 is 3.09. The molecule has 4 atom stereocenters. The number of nitrogens with zero attached hydrogens (tertiary/aromatic N) is 1. The van der Waals surface area contributed by atoms with Crippen molar-refractivity contribution >= 4 is 69.4 Å². The van der Waals surface area contributed by atoms with E-state index in [0.717, 1.165) is 16.9 Å². The lowest BCUT2D eigenvalue weighted by molar-refractivity contribution is -0.164. The van der Waals surface area contributed by atoms with Crippen LogP contribution in [0, 0.1) is 6.92 Å². The number of amides is 3. The Balaban J connectivity index is 2.24. The molecule has 0 bridgehead atoms. The van der Waals surface area contributed by atoms with Gasteiger partial charge in [0.1, 0.15) is 17.0 Å². The zero-order valence-corrected chi connectivity index (χ0v) is 29.9. The number of hydrogen-bond acceptors (Lipinski definition) is 12. The Labute approximate surface area is 291 Å². The van der Waals surface area contributed by atoms with Gasteiger partial charge < -0.3 is 34.9 Å². The van der Waals surface area contributed by atoms with Crippen LogP contribution in [-0.2, 0) is 49.3 Å². The topological polar surface area (TPSA) is 188 Å². The summed E-state index contributed by atoms with van der Waals surface area (Å²) in [4.78, 5) is 81.6. The molecule has 0 aliphatic rings. The van der Waals surface area contributed by atoms with Crippen molar-refractivity contribution in [2.24, 2.45) is 0 Å². The van der Waals surface area contributed by atoms with Gasteiger partial charge in [0.15, 0.2) is 11.4 Å². The van der Waals surface area contributed by atoms with E-state index in [1.165, 1.54) is 34.3 Å². The number of benzene rings is 1. The van der Waals surface area contributed by atoms with Crippen LogP contribution in [0.4, 0.5) is 0 Å². The van der Waals surface area contributed by atoms with Crippen LogP contribution < -0.4 is 16.0 Å². The minimum Gasteiger partial charge on any atom is -0.466 e. The molecule has 1 heterocycles. The minimum atomic E-state index is -1.62. The van der Waals surface area contributed by atoms with Gasteiger partial charge in [-0.1, -0.05) is 52.9 Å². The molecule has 0 saturated carbocycles. The lowest BCUT2D eigenvalue weighted by Gasteiger charge is -2.31. The van der Waals surface area contributed by atoms with Crippen molar-refractivity contribution in [2.75, 3.05) is 38.5 Å². The molecule has 3 N–H and O–H groups in total. The fourth-order valence-corrected chi connectivity index (χ4v) is 5.46. The van der Waals surface area contributed by atoms with Gasteiger partial charge in [-0.15, -0.1) is 11.3 Å². The van der Waals surface area contributed by atoms with Gasteiger partial charge in [0.25, 0.3) is 5.91 Å². The van der Waals surface area contributed by atoms with Crippen LogP contribution in [0.1, 0.15) is 46.9 Å². The fraction of sp³-hybridized carbons (Fsp3) is 0.516. The largest absolute Gasteiger partial charge is 0.466 e. The molecule has 16 heteroatoms. The number of nitrogens with one attached hydrogen (secondary N) is 3. The van der Waals surface area contributed by atoms with Gasteiger partial charge in [-0.25, -0.2) is 4.98 Å². The van der Waals surface area contributed by atoms with Crippen molar-refractivity contribution in [1.29, 1.82) is 0 Å². The van der Waals surface area contributed by atoms with Gasteiger partial charge in [0.05, 0.1) is 37.1 Å². The van der Waals surface area contributed by atoms with E-state index in [1.807, 2.05) is 22.6 Å². The number of halogens is 1. The Kier molecular flexibility index (Phi) is 16.9. The number of ether oxygens (including phenoxy) is 4. The first-order valence-electron chi connectivity index (χ1n) is 14.6. The van der Waals surface area contributed by atoms with Gasteiger partial charge in [-0.05, 0) is 32.3 Å². The van der Waals surface area contributed by atoms with Gasteiger partial charge in [-0.2, -0.15) is 0 Å². The number of methoxy groups -OCH3 is 2. The van der Waals surface area contributed by atoms with Crippen LogP contribution in [0.5, 0.6) is 0 Å². The number of hydrogen-bond donors (Lipinski definition) is 3. The number of alkyl halides is 1. The van der Waals surface area contributed by atoms with Gasteiger partial charge in [0.2, 0.25) is 11.8 Å². The highest BCUT2D eigenvalue weighted by atomic mass is 127. The van der Waals surface area contributed by atoms with E-state index in [9.17, 15) is 28.8 Å². The van der Waals surface area contributed by atoms with E-state index >= 15 is 0 Å². The predicted molar refractivity (Wildman–Crippen MR) is 180 cm³/mol. The second-order valence-electron chi connectivity index (χ2n) is 10.6. The van der Waals surface area contributed by atoms with Crippen molar-refractivity contribution < 1.29 is 47.7 Å². The Morgan fingerprint density at radius 1 is 0.936 bits per heavy atom. The zero-order valence-electron chi connectivity index (χ0n) is 27.0. The normalized spacial score (nSPS) is 14.1. The number of carbonyl (C=O) groups excluding carboxylic acids is 6. The van der Waals surface area contributed by atoms with E-state index in [-0.39, 0.29) is 43.5 Å². The van der Waals surface area contributed by atoms with Gasteiger partial charge in [-0.3, -0.25) is 28.8 Å². The minimum absolute atomic E-state index is 0.0262. The average molecular weight is 789 g/mol. The standard InChI is InChI=1S/C31H41IN4O10S/c1-19-33-15-25(47-19)30(42)36-24(17-44-5)29(41)35-23(16-43-4)28(40)34-22(14-21-10-7-6-8-11-21)27(39)31(3,18-32)46-26(38)12-9-13-45-20(2)37/h6-8,10-11,15,22-24H,9,12-14,16-18H2,1-5H3,(H,34,40)(H,35,41)(H,36,42)/t22-,23-,24-,31?/m0/s1. The summed E-state index contributed by atoms with van der Waals surface area (Å²) < 4.78 is 20.9. The van der Waals surface area contributed by atoms with Crippen molar-refractivity contribution in [3.05, 3.63) is 52.0 Å². The molecular formula is C31H41IN4O10S. The van der Waals surface area contributed by atoms with Crippen LogP contribution in [0.25, 0.3) is 0 Å². The number of Topliss-reactive ketones (excluding diaryl/α,β-unsaturated/α-hetero) is 1. The molecule has 0 aliphatic heterocycles. The lowest BCUT2D eigenvalue weighted by atomic mass is 9.92. The number of thiazole rings is 1. The number of ketones is 1. The number of carbonyl (C=O) groups is 6. The first-order chi connectivity index (χ1) is 22.3. The third-order valence-corrected chi connectivity index (χ3v) is 9.00. The third-order valence-electron chi connectivity index (χ3n) is 6.63. The van der Waals surface area contributed by atoms with E-state index in [2.05, 4.69) is 20.9 Å². The second kappa shape index (κ2) is 20.0. The molecular weight excluding hydrogens is 747 g/mol. The highest BCUT2D eigenvalue weighted by Gasteiger charge is 2.42. The molecule has 0 saturated heterocycles. The molecule has 1 unspecified atom stereocenters. The molecule has 0 aliphatic carbocycles. The first kappa shape index (κ1) is 39.7. The summed E-state index contributed by atoms with van der Waals surface area (Å²) in [6.07, 6.45) is 1.57. The van der Waals surface area contributed by atoms with E-state index in [1.54, 1.807) is 37.3 Å². The molecule has 0 radical (unpaired) electrons. The molecule has 2 aromatic rings. The Morgan fingerprint density at radius 3 is 2.06 bits per heavy atom. The van der Waals surface area contributed by atoms with Crippen molar-refractivity contribution in [3.8, 4) is 0 Å². The highest BCUT2D eigenvalue weighted by Crippen LogP contribution is 2.21. The van der Waals surface area contributed by atoms with Crippen LogP contribution in [0.3, 0.4) is 0 Å². The molecule has 1 aromatic carbocycles. The van der Waals surface area contributed by atoms with E-state index in [0.29, 0.717) is 9.88 Å². The predicted octanol–water partition coefficient (Wildman–Crippen LogP) is 1.70. The quantitative estimate of drug-likeness (QED) is 0.0768. The van der Waals surface area contributed by atoms with E-state index < -0.39 is 59.2 Å². The highest BCUT2D eigenvalue weighted by molar-refractivity contribution is 14.1. The van der Waals surface area contributed by atoms with E-state index in [4.69, 9.17) is 18.9 Å². The van der Waals surface area contributed by atoms with Crippen molar-refractivity contribution in [3.63, 3.8) is 0 Å². The molecule has 2 rings (SSSR count). The second-order valence-corrected chi connectivity index (χ2v) is 12.6. The van der Waals surface area contributed by atoms with Gasteiger partial charge >= 0.3 is 11.9 Å². The summed E-state index contributed by atoms with van der Waals surface area (Å²) in [5.74, 6) is -3.70. The maximum atomic E-state index is 14.0. The molecule has 14 nitrogen and oxygen atoms in total. The van der Waals surface area contributed by atoms with Crippen LogP contribution in [0.15, 0.2) is 36.5 Å². The Morgan fingerprint density at radius 2 is 1.53 bits per heavy atom. The SMILES string of the molecule is COC[C@H](NC(=O)c1cnc(C)s1)C(=O)N[C@@H](COC)C(=O)N[C@@H](Cc1ccccc1)C(=O)C(C)(CI)OC(=O)CCCOC(C)=O. The smallest absolute Gasteiger partial charge is 0.306 e. The lowest BCUT2D eigenvalue weighted by Crippen LogP contribution is -2.60. The van der Waals surface area contributed by atoms with Crippen LogP contribution in [-0.4, -0.2) is 103 Å². The van der Waals surface area contributed by atoms with Crippen LogP contribution in [0.2, 0.25) is 0 Å². The molecule has 47 heavy (non-hydrogen) atoms. The number of aromatic nitrogens is 1. The maximum Gasteiger partial charge on any atom is 0.306 e. The van der Waals surface area contributed by atoms with Gasteiger partial charge in [0, 0.05) is 32.0 Å². The number of aryl methyl sites for hydroxylation is 1. The summed E-state index contributed by atoms with van der Waals surface area (Å²) in [5, 5.41) is 8.55. The molecule has 3 amide bonds. The average Bonchev–Trinajstić information content (AvgIpc) is 3.48. The van der Waals surface area contributed by atoms with Crippen molar-refractivity contribution in [2.45, 2.75) is 63.8 Å². The monoisotopic (exact) mass is 788 g/mol. The summed E-state index contributed by atoms with van der Waals surface area (Å²) in [7, 11) is 2.70. The first-order valence-corrected chi connectivity index (χ1v) is 17.0. The number of rotatable bonds is 20. The summed E-state index contributed by atoms with van der Waals surface area (Å²) in [6.45, 7) is 4.05. The Bertz CT molecular complexity index is 1380. The maximum absolute atomic E-state index is 14.0. The summed E-state index contributed by atoms with van der Waals surface area (Å²) in [6, 6.07) is 5.34. The third kappa shape index (κ3) is 13.3. The van der Waals surface area contributed by atoms with Crippen molar-refractivity contribution in [1.82, 2.24) is 20.9 Å². The molecule has 1 aromatic heterocycles. The molecule has 0 spiro atoms.